The highest BCUT2D eigenvalue weighted by atomic mass is 32.2. The van der Waals surface area contributed by atoms with Crippen LogP contribution in [0.15, 0.2) is 46.5 Å². The number of nitrogens with zero attached hydrogens (tertiary/aromatic N) is 3. The van der Waals surface area contributed by atoms with Gasteiger partial charge in [0.25, 0.3) is 0 Å². The number of fused-ring (bicyclic) bond motifs is 1. The summed E-state index contributed by atoms with van der Waals surface area (Å²) >= 11 is 0. The maximum Gasteiger partial charge on any atom is 0.244 e. The van der Waals surface area contributed by atoms with E-state index in [4.69, 9.17) is 9.47 Å². The van der Waals surface area contributed by atoms with Gasteiger partial charge in [0.15, 0.2) is 11.5 Å². The number of anilines is 1. The zero-order valence-electron chi connectivity index (χ0n) is 15.5. The van der Waals surface area contributed by atoms with E-state index in [0.29, 0.717) is 30.4 Å². The molecule has 8 nitrogen and oxygen atoms in total. The molecular weight excluding hydrogens is 368 g/mol. The highest BCUT2D eigenvalue weighted by molar-refractivity contribution is 7.89. The smallest absolute Gasteiger partial charge is 0.244 e. The first-order valence-corrected chi connectivity index (χ1v) is 10.1. The van der Waals surface area contributed by atoms with Crippen molar-refractivity contribution in [2.75, 3.05) is 25.3 Å². The molecule has 0 fully saturated rings. The van der Waals surface area contributed by atoms with Crippen molar-refractivity contribution >= 4 is 21.6 Å². The van der Waals surface area contributed by atoms with Gasteiger partial charge in [0.1, 0.15) is 10.7 Å². The molecule has 0 aliphatic carbocycles. The van der Waals surface area contributed by atoms with Gasteiger partial charge < -0.3 is 9.47 Å². The maximum absolute atomic E-state index is 12.5. The number of ether oxygens (including phenoxy) is 2. The monoisotopic (exact) mass is 390 g/mol. The minimum Gasteiger partial charge on any atom is -0.454 e. The van der Waals surface area contributed by atoms with Crippen molar-refractivity contribution in [3.05, 3.63) is 42.1 Å². The number of aromatic nitrogens is 1. The van der Waals surface area contributed by atoms with Crippen LogP contribution in [0.1, 0.15) is 26.3 Å². The average Bonchev–Trinajstić information content (AvgIpc) is 3.15. The van der Waals surface area contributed by atoms with Gasteiger partial charge in [-0.05, 0) is 37.3 Å². The highest BCUT2D eigenvalue weighted by Crippen LogP contribution is 2.32. The Labute approximate surface area is 158 Å². The van der Waals surface area contributed by atoms with Crippen LogP contribution in [-0.4, -0.2) is 43.3 Å². The predicted octanol–water partition coefficient (Wildman–Crippen LogP) is 2.68. The molecule has 0 radical (unpaired) electrons. The number of hydrogen-bond acceptors (Lipinski definition) is 7. The SMILES string of the molecule is CCN(CC)S(=O)(=O)c1ccc(NN=C(C)c2ccc3c(c2)OCO3)nc1. The van der Waals surface area contributed by atoms with Gasteiger partial charge in [-0.2, -0.15) is 9.41 Å². The van der Waals surface area contributed by atoms with Crippen LogP contribution < -0.4 is 14.9 Å². The Kier molecular flexibility index (Phi) is 5.62. The van der Waals surface area contributed by atoms with Crippen molar-refractivity contribution in [2.45, 2.75) is 25.7 Å². The van der Waals surface area contributed by atoms with Gasteiger partial charge in [0.05, 0.1) is 5.71 Å². The summed E-state index contributed by atoms with van der Waals surface area (Å²) in [5.41, 5.74) is 4.46. The molecule has 3 rings (SSSR count). The Morgan fingerprint density at radius 3 is 2.59 bits per heavy atom. The normalized spacial score (nSPS) is 13.9. The molecular formula is C18H22N4O4S. The molecule has 9 heteroatoms. The molecule has 144 valence electrons. The highest BCUT2D eigenvalue weighted by Gasteiger charge is 2.21. The zero-order chi connectivity index (χ0) is 19.4. The van der Waals surface area contributed by atoms with E-state index in [1.165, 1.54) is 16.6 Å². The molecule has 0 unspecified atom stereocenters. The van der Waals surface area contributed by atoms with Crippen molar-refractivity contribution in [2.24, 2.45) is 5.10 Å². The fraction of sp³-hybridized carbons (Fsp3) is 0.333. The molecule has 0 saturated heterocycles. The van der Waals surface area contributed by atoms with E-state index in [0.717, 1.165) is 11.3 Å². The third kappa shape index (κ3) is 4.04. The second-order valence-corrected chi connectivity index (χ2v) is 7.78. The van der Waals surface area contributed by atoms with E-state index in [1.54, 1.807) is 19.9 Å². The summed E-state index contributed by atoms with van der Waals surface area (Å²) in [4.78, 5) is 4.31. The summed E-state index contributed by atoms with van der Waals surface area (Å²) in [7, 11) is -3.52. The fourth-order valence-electron chi connectivity index (χ4n) is 2.64. The van der Waals surface area contributed by atoms with Crippen molar-refractivity contribution in [1.82, 2.24) is 9.29 Å². The topological polar surface area (TPSA) is 93.1 Å². The lowest BCUT2D eigenvalue weighted by Gasteiger charge is -2.18. The second kappa shape index (κ2) is 7.93. The number of nitrogens with one attached hydrogen (secondary N) is 1. The number of benzene rings is 1. The summed E-state index contributed by atoms with van der Waals surface area (Å²) in [6.07, 6.45) is 1.33. The largest absolute Gasteiger partial charge is 0.454 e. The third-order valence-electron chi connectivity index (χ3n) is 4.21. The Morgan fingerprint density at radius 2 is 1.93 bits per heavy atom. The minimum absolute atomic E-state index is 0.160. The maximum atomic E-state index is 12.5. The van der Waals surface area contributed by atoms with Crippen LogP contribution in [0.4, 0.5) is 5.82 Å². The van der Waals surface area contributed by atoms with Crippen LogP contribution in [0.5, 0.6) is 11.5 Å². The Hall–Kier alpha value is -2.65. The van der Waals surface area contributed by atoms with Gasteiger partial charge in [-0.15, -0.1) is 0 Å². The van der Waals surface area contributed by atoms with Gasteiger partial charge in [0.2, 0.25) is 16.8 Å². The van der Waals surface area contributed by atoms with E-state index in [9.17, 15) is 8.42 Å². The lowest BCUT2D eigenvalue weighted by atomic mass is 10.1. The van der Waals surface area contributed by atoms with Crippen LogP contribution in [0.2, 0.25) is 0 Å². The first-order valence-electron chi connectivity index (χ1n) is 8.62. The van der Waals surface area contributed by atoms with Crippen LogP contribution >= 0.6 is 0 Å². The van der Waals surface area contributed by atoms with E-state index >= 15 is 0 Å². The van der Waals surface area contributed by atoms with E-state index in [1.807, 2.05) is 25.1 Å². The third-order valence-corrected chi connectivity index (χ3v) is 6.24. The molecule has 2 aromatic rings. The van der Waals surface area contributed by atoms with Crippen molar-refractivity contribution < 1.29 is 17.9 Å². The molecule has 0 amide bonds. The summed E-state index contributed by atoms with van der Waals surface area (Å²) in [6.45, 7) is 6.51. The standard InChI is InChI=1S/C18H22N4O4S/c1-4-22(5-2)27(23,24)15-7-9-18(19-11-15)21-20-13(3)14-6-8-16-17(10-14)26-12-25-16/h6-11H,4-5,12H2,1-3H3,(H,19,21). The minimum atomic E-state index is -3.52. The van der Waals surface area contributed by atoms with Gasteiger partial charge in [0, 0.05) is 24.8 Å². The number of pyridine rings is 1. The number of rotatable bonds is 7. The number of hydrazone groups is 1. The van der Waals surface area contributed by atoms with Crippen LogP contribution in [-0.2, 0) is 10.0 Å². The van der Waals surface area contributed by atoms with Crippen molar-refractivity contribution in [1.29, 1.82) is 0 Å². The van der Waals surface area contributed by atoms with Crippen molar-refractivity contribution in [3.8, 4) is 11.5 Å². The summed E-state index contributed by atoms with van der Waals surface area (Å²) in [6, 6.07) is 8.69. The molecule has 2 heterocycles. The van der Waals surface area contributed by atoms with Gasteiger partial charge in [-0.3, -0.25) is 5.43 Å². The van der Waals surface area contributed by atoms with Crippen LogP contribution in [0.3, 0.4) is 0 Å². The van der Waals surface area contributed by atoms with Crippen molar-refractivity contribution in [3.63, 3.8) is 0 Å². The molecule has 0 saturated carbocycles. The first-order chi connectivity index (χ1) is 13.0. The summed E-state index contributed by atoms with van der Waals surface area (Å²) < 4.78 is 37.0. The average molecular weight is 390 g/mol. The lowest BCUT2D eigenvalue weighted by molar-refractivity contribution is 0.174. The molecule has 0 bridgehead atoms. The number of sulfonamides is 1. The molecule has 1 aliphatic heterocycles. The van der Waals surface area contributed by atoms with E-state index in [2.05, 4.69) is 15.5 Å². The van der Waals surface area contributed by atoms with E-state index in [-0.39, 0.29) is 11.7 Å². The quantitative estimate of drug-likeness (QED) is 0.577. The molecule has 1 aliphatic rings. The summed E-state index contributed by atoms with van der Waals surface area (Å²) in [5, 5.41) is 4.30. The van der Waals surface area contributed by atoms with Crippen LogP contribution in [0.25, 0.3) is 0 Å². The molecule has 1 aromatic carbocycles. The first kappa shape index (κ1) is 19.1. The molecule has 1 aromatic heterocycles. The van der Waals surface area contributed by atoms with E-state index < -0.39 is 10.0 Å². The van der Waals surface area contributed by atoms with Gasteiger partial charge in [-0.25, -0.2) is 13.4 Å². The van der Waals surface area contributed by atoms with Crippen LogP contribution in [0, 0.1) is 0 Å². The molecule has 27 heavy (non-hydrogen) atoms. The molecule has 0 spiro atoms. The number of hydrogen-bond donors (Lipinski definition) is 1. The fourth-order valence-corrected chi connectivity index (χ4v) is 4.04. The Morgan fingerprint density at radius 1 is 1.19 bits per heavy atom. The van der Waals surface area contributed by atoms with Gasteiger partial charge >= 0.3 is 0 Å². The molecule has 0 atom stereocenters. The lowest BCUT2D eigenvalue weighted by Crippen LogP contribution is -2.30. The van der Waals surface area contributed by atoms with Gasteiger partial charge in [-0.1, -0.05) is 13.8 Å². The zero-order valence-corrected chi connectivity index (χ0v) is 16.3. The summed E-state index contributed by atoms with van der Waals surface area (Å²) in [5.74, 6) is 1.85. The Bertz CT molecular complexity index is 938. The molecule has 1 N–H and O–H groups in total. The Balaban J connectivity index is 1.72. The second-order valence-electron chi connectivity index (χ2n) is 5.85. The predicted molar refractivity (Wildman–Crippen MR) is 103 cm³/mol.